The van der Waals surface area contributed by atoms with Crippen molar-refractivity contribution in [3.63, 3.8) is 0 Å². The molecule has 1 saturated heterocycles. The number of hydrogen-bond acceptors (Lipinski definition) is 5. The summed E-state index contributed by atoms with van der Waals surface area (Å²) in [4.78, 5) is 14.3. The predicted molar refractivity (Wildman–Crippen MR) is 85.2 cm³/mol. The van der Waals surface area contributed by atoms with Crippen LogP contribution in [0.5, 0.6) is 0 Å². The first-order valence-corrected chi connectivity index (χ1v) is 9.99. The smallest absolute Gasteiger partial charge is 0.246 e. The number of fused-ring (bicyclic) bond motifs is 1. The van der Waals surface area contributed by atoms with Gasteiger partial charge in [-0.1, -0.05) is 18.2 Å². The minimum absolute atomic E-state index is 0.109. The maximum atomic E-state index is 12.7. The Hall–Kier alpha value is -1.21. The lowest BCUT2D eigenvalue weighted by molar-refractivity contribution is -0.132. The van der Waals surface area contributed by atoms with Crippen molar-refractivity contribution in [1.82, 2.24) is 4.90 Å². The number of amides is 1. The van der Waals surface area contributed by atoms with Gasteiger partial charge in [0.1, 0.15) is 11.4 Å². The number of benzene rings is 1. The molecule has 0 saturated carbocycles. The molecule has 3 rings (SSSR count). The number of nitrogens with zero attached hydrogens (tertiary/aromatic N) is 1. The summed E-state index contributed by atoms with van der Waals surface area (Å²) in [6, 6.07) is 7.47. The van der Waals surface area contributed by atoms with Crippen LogP contribution in [0.15, 0.2) is 24.3 Å². The van der Waals surface area contributed by atoms with Crippen LogP contribution in [0.1, 0.15) is 5.56 Å². The third-order valence-corrected chi connectivity index (χ3v) is 6.57. The maximum Gasteiger partial charge on any atom is 0.246 e. The second-order valence-electron chi connectivity index (χ2n) is 5.45. The molecule has 7 heteroatoms. The number of anilines is 1. The Bertz CT molecular complexity index is 635. The van der Waals surface area contributed by atoms with Crippen LogP contribution in [0.4, 0.5) is 5.69 Å². The first-order valence-electron chi connectivity index (χ1n) is 6.88. The van der Waals surface area contributed by atoms with Crippen molar-refractivity contribution >= 4 is 33.2 Å². The molecule has 1 aromatic carbocycles. The Labute approximate surface area is 129 Å². The van der Waals surface area contributed by atoms with Gasteiger partial charge in [-0.25, -0.2) is 8.42 Å². The summed E-state index contributed by atoms with van der Waals surface area (Å²) in [5, 5.41) is 2.51. The van der Waals surface area contributed by atoms with Crippen LogP contribution in [0.2, 0.25) is 0 Å². The lowest BCUT2D eigenvalue weighted by Gasteiger charge is -2.35. The van der Waals surface area contributed by atoms with Crippen molar-refractivity contribution in [3.05, 3.63) is 29.8 Å². The summed E-state index contributed by atoms with van der Waals surface area (Å²) in [5.41, 5.74) is 2.08. The van der Waals surface area contributed by atoms with Crippen LogP contribution in [0.25, 0.3) is 0 Å². The van der Waals surface area contributed by atoms with Crippen molar-refractivity contribution in [3.8, 4) is 0 Å². The first-order chi connectivity index (χ1) is 9.97. The third kappa shape index (κ3) is 2.89. The molecule has 1 fully saturated rings. The number of carbonyl (C=O) groups excluding carboxylic acids is 1. The monoisotopic (exact) mass is 326 g/mol. The molecule has 21 heavy (non-hydrogen) atoms. The quantitative estimate of drug-likeness (QED) is 0.877. The largest absolute Gasteiger partial charge is 0.373 e. The minimum Gasteiger partial charge on any atom is -0.373 e. The van der Waals surface area contributed by atoms with Gasteiger partial charge in [-0.15, -0.1) is 0 Å². The summed E-state index contributed by atoms with van der Waals surface area (Å²) in [5.74, 6) is 1.14. The van der Waals surface area contributed by atoms with Crippen LogP contribution in [0, 0.1) is 0 Å². The van der Waals surface area contributed by atoms with Crippen molar-refractivity contribution in [2.24, 2.45) is 0 Å². The van der Waals surface area contributed by atoms with Gasteiger partial charge in [-0.05, 0) is 11.6 Å². The van der Waals surface area contributed by atoms with E-state index in [1.54, 1.807) is 11.8 Å². The summed E-state index contributed by atoms with van der Waals surface area (Å²) < 4.78 is 23.8. The highest BCUT2D eigenvalue weighted by Gasteiger charge is 2.38. The van der Waals surface area contributed by atoms with Gasteiger partial charge in [0.15, 0.2) is 9.84 Å². The third-order valence-electron chi connectivity index (χ3n) is 3.93. The first kappa shape index (κ1) is 14.7. The molecule has 2 unspecified atom stereocenters. The zero-order chi connectivity index (χ0) is 15.0. The molecule has 1 aromatic rings. The second-order valence-corrected chi connectivity index (χ2v) is 8.80. The van der Waals surface area contributed by atoms with Gasteiger partial charge in [-0.3, -0.25) is 4.79 Å². The topological polar surface area (TPSA) is 66.5 Å². The molecule has 2 atom stereocenters. The van der Waals surface area contributed by atoms with E-state index in [0.717, 1.165) is 17.0 Å². The summed E-state index contributed by atoms with van der Waals surface area (Å²) >= 11 is 1.59. The lowest BCUT2D eigenvalue weighted by atomic mass is 10.1. The SMILES string of the molecule is CS(=O)(=O)C1CSCCN1C(=O)C1Cc2ccccc2N1. The van der Waals surface area contributed by atoms with Crippen LogP contribution in [-0.2, 0) is 21.1 Å². The molecular formula is C14H18N2O3S2. The Morgan fingerprint density at radius 1 is 1.38 bits per heavy atom. The van der Waals surface area contributed by atoms with Gasteiger partial charge in [0, 0.05) is 36.4 Å². The Balaban J connectivity index is 1.79. The zero-order valence-corrected chi connectivity index (χ0v) is 13.4. The number of carbonyl (C=O) groups is 1. The molecule has 2 aliphatic rings. The van der Waals surface area contributed by atoms with E-state index < -0.39 is 15.2 Å². The van der Waals surface area contributed by atoms with E-state index in [-0.39, 0.29) is 11.9 Å². The van der Waals surface area contributed by atoms with Crippen molar-refractivity contribution in [2.45, 2.75) is 17.8 Å². The molecule has 1 N–H and O–H groups in total. The molecule has 2 heterocycles. The molecule has 0 aliphatic carbocycles. The lowest BCUT2D eigenvalue weighted by Crippen LogP contribution is -2.54. The number of sulfone groups is 1. The fourth-order valence-electron chi connectivity index (χ4n) is 2.83. The predicted octanol–water partition coefficient (Wildman–Crippen LogP) is 0.969. The van der Waals surface area contributed by atoms with Gasteiger partial charge in [0.2, 0.25) is 5.91 Å². The molecule has 0 radical (unpaired) electrons. The van der Waals surface area contributed by atoms with E-state index >= 15 is 0 Å². The van der Waals surface area contributed by atoms with Gasteiger partial charge < -0.3 is 10.2 Å². The van der Waals surface area contributed by atoms with Crippen molar-refractivity contribution in [1.29, 1.82) is 0 Å². The average Bonchev–Trinajstić information content (AvgIpc) is 2.89. The van der Waals surface area contributed by atoms with Gasteiger partial charge in [0.25, 0.3) is 0 Å². The Morgan fingerprint density at radius 2 is 2.14 bits per heavy atom. The molecule has 0 bridgehead atoms. The zero-order valence-electron chi connectivity index (χ0n) is 11.8. The number of hydrogen-bond donors (Lipinski definition) is 1. The van der Waals surface area contributed by atoms with E-state index in [4.69, 9.17) is 0 Å². The molecule has 2 aliphatic heterocycles. The average molecular weight is 326 g/mol. The van der Waals surface area contributed by atoms with Gasteiger partial charge >= 0.3 is 0 Å². The van der Waals surface area contributed by atoms with Crippen LogP contribution in [-0.4, -0.2) is 54.9 Å². The highest BCUT2D eigenvalue weighted by molar-refractivity contribution is 8.00. The van der Waals surface area contributed by atoms with Crippen molar-refractivity contribution < 1.29 is 13.2 Å². The minimum atomic E-state index is -3.26. The number of rotatable bonds is 2. The molecule has 0 aromatic heterocycles. The second kappa shape index (κ2) is 5.53. The Kier molecular flexibility index (Phi) is 3.88. The van der Waals surface area contributed by atoms with E-state index in [2.05, 4.69) is 5.32 Å². The standard InChI is InChI=1S/C14H18N2O3S2/c1-21(18,19)13-9-20-7-6-16(13)14(17)12-8-10-4-2-3-5-11(10)15-12/h2-5,12-13,15H,6-9H2,1H3. The Morgan fingerprint density at radius 3 is 2.86 bits per heavy atom. The molecular weight excluding hydrogens is 308 g/mol. The summed E-state index contributed by atoms with van der Waals surface area (Å²) in [6.07, 6.45) is 1.83. The fraction of sp³-hybridized carbons (Fsp3) is 0.500. The highest BCUT2D eigenvalue weighted by Crippen LogP contribution is 2.28. The molecule has 0 spiro atoms. The van der Waals surface area contributed by atoms with Gasteiger partial charge in [0.05, 0.1) is 0 Å². The van der Waals surface area contributed by atoms with Crippen LogP contribution >= 0.6 is 11.8 Å². The molecule has 114 valence electrons. The maximum absolute atomic E-state index is 12.7. The number of para-hydroxylation sites is 1. The highest BCUT2D eigenvalue weighted by atomic mass is 32.2. The molecule has 5 nitrogen and oxygen atoms in total. The van der Waals surface area contributed by atoms with E-state index in [0.29, 0.717) is 18.7 Å². The number of nitrogens with one attached hydrogen (secondary N) is 1. The van der Waals surface area contributed by atoms with E-state index in [9.17, 15) is 13.2 Å². The number of thioether (sulfide) groups is 1. The van der Waals surface area contributed by atoms with E-state index in [1.807, 2.05) is 24.3 Å². The summed E-state index contributed by atoms with van der Waals surface area (Å²) in [6.45, 7) is 0.496. The molecule has 1 amide bonds. The van der Waals surface area contributed by atoms with E-state index in [1.165, 1.54) is 11.2 Å². The van der Waals surface area contributed by atoms with Crippen LogP contribution < -0.4 is 5.32 Å². The van der Waals surface area contributed by atoms with Gasteiger partial charge in [-0.2, -0.15) is 11.8 Å². The van der Waals surface area contributed by atoms with Crippen LogP contribution in [0.3, 0.4) is 0 Å². The summed E-state index contributed by atoms with van der Waals surface area (Å²) in [7, 11) is -3.26. The normalized spacial score (nSPS) is 25.3. The fourth-order valence-corrected chi connectivity index (χ4v) is 5.66. The van der Waals surface area contributed by atoms with Crippen molar-refractivity contribution in [2.75, 3.05) is 29.6 Å².